The fourth-order valence-electron chi connectivity index (χ4n) is 1.08. The highest BCUT2D eigenvalue weighted by Crippen LogP contribution is 2.18. The highest BCUT2D eigenvalue weighted by Gasteiger charge is 2.11. The maximum absolute atomic E-state index is 11.3. The van der Waals surface area contributed by atoms with E-state index in [-0.39, 0.29) is 5.97 Å². The van der Waals surface area contributed by atoms with Crippen LogP contribution >= 0.6 is 0 Å². The average Bonchev–Trinajstić information content (AvgIpc) is 2.14. The van der Waals surface area contributed by atoms with Crippen molar-refractivity contribution in [1.82, 2.24) is 0 Å². The van der Waals surface area contributed by atoms with E-state index in [1.54, 1.807) is 0 Å². The van der Waals surface area contributed by atoms with E-state index in [1.165, 1.54) is 0 Å². The normalized spacial score (nSPS) is 14.8. The molecule has 0 amide bonds. The van der Waals surface area contributed by atoms with Gasteiger partial charge in [-0.1, -0.05) is 19.4 Å². The van der Waals surface area contributed by atoms with E-state index in [2.05, 4.69) is 13.8 Å². The molecule has 0 aromatic heterocycles. The smallest absolute Gasteiger partial charge is 0.333 e. The van der Waals surface area contributed by atoms with Crippen molar-refractivity contribution < 1.29 is 9.53 Å². The van der Waals surface area contributed by atoms with Crippen LogP contribution in [0.5, 0.6) is 0 Å². The Kier molecular flexibility index (Phi) is 5.44. The Morgan fingerprint density at radius 2 is 1.85 bits per heavy atom. The third kappa shape index (κ3) is 3.62. The van der Waals surface area contributed by atoms with E-state index < -0.39 is 0 Å². The van der Waals surface area contributed by atoms with Crippen LogP contribution in [0.3, 0.4) is 0 Å². The third-order valence-electron chi connectivity index (χ3n) is 2.52. The monoisotopic (exact) mass is 184 g/mol. The second kappa shape index (κ2) is 5.79. The molecule has 13 heavy (non-hydrogen) atoms. The molecule has 0 radical (unpaired) electrons. The standard InChI is InChI=1S/C11H20O2/c1-6-8(3)9(4)10(5)11(12)13-7-2/h8H,6-7H2,1-5H3/b10-9+. The van der Waals surface area contributed by atoms with Gasteiger partial charge in [-0.15, -0.1) is 0 Å². The van der Waals surface area contributed by atoms with Gasteiger partial charge >= 0.3 is 5.97 Å². The first kappa shape index (κ1) is 12.2. The topological polar surface area (TPSA) is 26.3 Å². The van der Waals surface area contributed by atoms with Crippen LogP contribution in [0, 0.1) is 5.92 Å². The first-order chi connectivity index (χ1) is 6.04. The summed E-state index contributed by atoms with van der Waals surface area (Å²) in [5.41, 5.74) is 1.90. The molecule has 0 fully saturated rings. The fraction of sp³-hybridized carbons (Fsp3) is 0.727. The average molecular weight is 184 g/mol. The van der Waals surface area contributed by atoms with Gasteiger partial charge in [0.05, 0.1) is 6.61 Å². The molecule has 0 heterocycles. The summed E-state index contributed by atoms with van der Waals surface area (Å²) in [6.45, 7) is 10.3. The summed E-state index contributed by atoms with van der Waals surface area (Å²) < 4.78 is 4.92. The Labute approximate surface area is 81.0 Å². The number of carbonyl (C=O) groups is 1. The zero-order chi connectivity index (χ0) is 10.4. The number of hydrogen-bond acceptors (Lipinski definition) is 2. The molecule has 0 aromatic rings. The molecule has 0 rings (SSSR count). The lowest BCUT2D eigenvalue weighted by molar-refractivity contribution is -0.138. The van der Waals surface area contributed by atoms with E-state index in [1.807, 2.05) is 20.8 Å². The van der Waals surface area contributed by atoms with Crippen molar-refractivity contribution in [3.8, 4) is 0 Å². The van der Waals surface area contributed by atoms with E-state index in [0.717, 1.165) is 17.6 Å². The second-order valence-corrected chi connectivity index (χ2v) is 3.34. The Balaban J connectivity index is 4.50. The SMILES string of the molecule is CCOC(=O)/C(C)=C(\C)C(C)CC. The van der Waals surface area contributed by atoms with Crippen molar-refractivity contribution in [3.63, 3.8) is 0 Å². The minimum Gasteiger partial charge on any atom is -0.463 e. The van der Waals surface area contributed by atoms with Gasteiger partial charge in [0.1, 0.15) is 0 Å². The second-order valence-electron chi connectivity index (χ2n) is 3.34. The first-order valence-corrected chi connectivity index (χ1v) is 4.89. The maximum atomic E-state index is 11.3. The quantitative estimate of drug-likeness (QED) is 0.496. The van der Waals surface area contributed by atoms with Gasteiger partial charge in [-0.3, -0.25) is 0 Å². The Hall–Kier alpha value is -0.790. The van der Waals surface area contributed by atoms with Crippen LogP contribution in [0.1, 0.15) is 41.0 Å². The molecule has 1 unspecified atom stereocenters. The summed E-state index contributed by atoms with van der Waals surface area (Å²) in [4.78, 5) is 11.3. The molecule has 0 saturated heterocycles. The number of hydrogen-bond donors (Lipinski definition) is 0. The molecule has 2 nitrogen and oxygen atoms in total. The van der Waals surface area contributed by atoms with Crippen LogP contribution in [0.4, 0.5) is 0 Å². The number of esters is 1. The van der Waals surface area contributed by atoms with Gasteiger partial charge in [0.15, 0.2) is 0 Å². The molecule has 0 saturated carbocycles. The largest absolute Gasteiger partial charge is 0.463 e. The lowest BCUT2D eigenvalue weighted by Crippen LogP contribution is -2.09. The van der Waals surface area contributed by atoms with Crippen LogP contribution in [0.25, 0.3) is 0 Å². The molecule has 76 valence electrons. The van der Waals surface area contributed by atoms with Gasteiger partial charge < -0.3 is 4.74 Å². The van der Waals surface area contributed by atoms with E-state index >= 15 is 0 Å². The highest BCUT2D eigenvalue weighted by molar-refractivity contribution is 5.88. The van der Waals surface area contributed by atoms with E-state index in [0.29, 0.717) is 12.5 Å². The van der Waals surface area contributed by atoms with Crippen LogP contribution < -0.4 is 0 Å². The summed E-state index contributed by atoms with van der Waals surface area (Å²) in [5, 5.41) is 0. The number of carbonyl (C=O) groups excluding carboxylic acids is 1. The minimum atomic E-state index is -0.180. The molecular formula is C11H20O2. The predicted molar refractivity (Wildman–Crippen MR) is 54.5 cm³/mol. The Bertz CT molecular complexity index is 204. The lowest BCUT2D eigenvalue weighted by atomic mass is 9.96. The van der Waals surface area contributed by atoms with Gasteiger partial charge in [-0.05, 0) is 33.1 Å². The van der Waals surface area contributed by atoms with Crippen LogP contribution in [0.2, 0.25) is 0 Å². The van der Waals surface area contributed by atoms with E-state index in [4.69, 9.17) is 4.74 Å². The molecule has 0 bridgehead atoms. The van der Waals surface area contributed by atoms with Crippen molar-refractivity contribution in [3.05, 3.63) is 11.1 Å². The van der Waals surface area contributed by atoms with Crippen LogP contribution in [-0.2, 0) is 9.53 Å². The number of ether oxygens (including phenoxy) is 1. The maximum Gasteiger partial charge on any atom is 0.333 e. The van der Waals surface area contributed by atoms with Crippen molar-refractivity contribution in [1.29, 1.82) is 0 Å². The Morgan fingerprint density at radius 1 is 1.31 bits per heavy atom. The first-order valence-electron chi connectivity index (χ1n) is 4.89. The third-order valence-corrected chi connectivity index (χ3v) is 2.52. The van der Waals surface area contributed by atoms with Gasteiger partial charge in [0.25, 0.3) is 0 Å². The molecule has 0 N–H and O–H groups in total. The summed E-state index contributed by atoms with van der Waals surface area (Å²) in [6, 6.07) is 0. The van der Waals surface area contributed by atoms with Crippen molar-refractivity contribution in [2.75, 3.05) is 6.61 Å². The molecule has 0 aliphatic heterocycles. The van der Waals surface area contributed by atoms with Gasteiger partial charge in [-0.2, -0.15) is 0 Å². The van der Waals surface area contributed by atoms with Crippen molar-refractivity contribution in [2.45, 2.75) is 41.0 Å². The molecule has 0 aromatic carbocycles. The minimum absolute atomic E-state index is 0.180. The zero-order valence-electron chi connectivity index (χ0n) is 9.31. The molecule has 0 spiro atoms. The lowest BCUT2D eigenvalue weighted by Gasteiger charge is -2.12. The van der Waals surface area contributed by atoms with Gasteiger partial charge in [-0.25, -0.2) is 4.79 Å². The molecule has 1 atom stereocenters. The van der Waals surface area contributed by atoms with Crippen LogP contribution in [-0.4, -0.2) is 12.6 Å². The molecule has 0 aliphatic carbocycles. The molecule has 0 aliphatic rings. The molecule has 2 heteroatoms. The highest BCUT2D eigenvalue weighted by atomic mass is 16.5. The summed E-state index contributed by atoms with van der Waals surface area (Å²) in [7, 11) is 0. The number of rotatable bonds is 4. The summed E-state index contributed by atoms with van der Waals surface area (Å²) in [5.74, 6) is 0.282. The Morgan fingerprint density at radius 3 is 2.23 bits per heavy atom. The predicted octanol–water partition coefficient (Wildman–Crippen LogP) is 2.93. The zero-order valence-corrected chi connectivity index (χ0v) is 9.31. The fourth-order valence-corrected chi connectivity index (χ4v) is 1.08. The van der Waals surface area contributed by atoms with Gasteiger partial charge in [0.2, 0.25) is 0 Å². The summed E-state index contributed by atoms with van der Waals surface area (Å²) in [6.07, 6.45) is 1.06. The van der Waals surface area contributed by atoms with Crippen molar-refractivity contribution in [2.24, 2.45) is 5.92 Å². The summed E-state index contributed by atoms with van der Waals surface area (Å²) >= 11 is 0. The molecular weight excluding hydrogens is 164 g/mol. The van der Waals surface area contributed by atoms with Crippen molar-refractivity contribution >= 4 is 5.97 Å². The van der Waals surface area contributed by atoms with E-state index in [9.17, 15) is 4.79 Å². The van der Waals surface area contributed by atoms with Gasteiger partial charge in [0, 0.05) is 5.57 Å². The number of allylic oxidation sites excluding steroid dienone is 1. The van der Waals surface area contributed by atoms with Crippen LogP contribution in [0.15, 0.2) is 11.1 Å².